The van der Waals surface area contributed by atoms with Gasteiger partial charge in [0.05, 0.1) is 5.69 Å². The van der Waals surface area contributed by atoms with Crippen LogP contribution in [-0.4, -0.2) is 13.3 Å². The molecule has 17 heavy (non-hydrogen) atoms. The Morgan fingerprint density at radius 1 is 0.882 bits per heavy atom. The maximum absolute atomic E-state index is 5.66. The van der Waals surface area contributed by atoms with E-state index < -0.39 is 7.59 Å². The number of halogens is 6. The first-order chi connectivity index (χ1) is 7.71. The van der Waals surface area contributed by atoms with Gasteiger partial charge in [0.1, 0.15) is 5.71 Å². The van der Waals surface area contributed by atoms with Crippen molar-refractivity contribution in [2.24, 2.45) is 5.10 Å². The Labute approximate surface area is 129 Å². The molecule has 2 nitrogen and oxygen atoms in total. The van der Waals surface area contributed by atoms with Crippen LogP contribution in [0.1, 0.15) is 0 Å². The summed E-state index contributed by atoms with van der Waals surface area (Å²) in [7, 11) is 0. The zero-order valence-electron chi connectivity index (χ0n) is 8.10. The van der Waals surface area contributed by atoms with Crippen LogP contribution in [0.25, 0.3) is 0 Å². The number of nitrogens with zero attached hydrogens (tertiary/aromatic N) is 1. The molecular formula is C9H6Cl6N2. The van der Waals surface area contributed by atoms with Crippen molar-refractivity contribution in [3.63, 3.8) is 0 Å². The van der Waals surface area contributed by atoms with Gasteiger partial charge in [-0.25, -0.2) is 0 Å². The first kappa shape index (κ1) is 15.5. The first-order valence-corrected chi connectivity index (χ1v) is 6.51. The smallest absolute Gasteiger partial charge is 0.234 e. The van der Waals surface area contributed by atoms with Gasteiger partial charge in [-0.1, -0.05) is 87.8 Å². The van der Waals surface area contributed by atoms with Crippen molar-refractivity contribution in [2.45, 2.75) is 7.59 Å². The molecule has 8 heteroatoms. The summed E-state index contributed by atoms with van der Waals surface area (Å²) in [6.45, 7) is 0. The van der Waals surface area contributed by atoms with Crippen LogP contribution in [0.4, 0.5) is 5.69 Å². The number of rotatable bonds is 2. The lowest BCUT2D eigenvalue weighted by molar-refractivity contribution is 1.25. The summed E-state index contributed by atoms with van der Waals surface area (Å²) < 4.78 is -3.82. The second-order valence-electron chi connectivity index (χ2n) is 2.93. The molecular weight excluding hydrogens is 349 g/mol. The van der Waals surface area contributed by atoms with E-state index in [4.69, 9.17) is 69.6 Å². The van der Waals surface area contributed by atoms with Gasteiger partial charge in [-0.3, -0.25) is 5.43 Å². The average molecular weight is 355 g/mol. The van der Waals surface area contributed by atoms with Gasteiger partial charge in [-0.15, -0.1) is 0 Å². The number of nitrogens with one attached hydrogen (secondary N) is 1. The third-order valence-corrected chi connectivity index (χ3v) is 2.68. The highest BCUT2D eigenvalue weighted by atomic mass is 35.6. The number of para-hydroxylation sites is 1. The molecule has 1 aromatic carbocycles. The maximum atomic E-state index is 5.66. The monoisotopic (exact) mass is 352 g/mol. The van der Waals surface area contributed by atoms with Crippen molar-refractivity contribution in [2.75, 3.05) is 5.43 Å². The van der Waals surface area contributed by atoms with Gasteiger partial charge in [-0.05, 0) is 12.1 Å². The molecule has 0 bridgehead atoms. The van der Waals surface area contributed by atoms with E-state index in [0.717, 1.165) is 0 Å². The number of hydrogen-bond donors (Lipinski definition) is 1. The van der Waals surface area contributed by atoms with Crippen molar-refractivity contribution in [3.8, 4) is 0 Å². The van der Waals surface area contributed by atoms with Gasteiger partial charge in [0.25, 0.3) is 0 Å². The predicted molar refractivity (Wildman–Crippen MR) is 78.1 cm³/mol. The fourth-order valence-corrected chi connectivity index (χ4v) is 2.46. The lowest BCUT2D eigenvalue weighted by Crippen LogP contribution is -2.33. The van der Waals surface area contributed by atoms with Crippen molar-refractivity contribution in [1.29, 1.82) is 0 Å². The highest BCUT2D eigenvalue weighted by Gasteiger charge is 2.42. The molecule has 0 aliphatic carbocycles. The van der Waals surface area contributed by atoms with Gasteiger partial charge in [-0.2, -0.15) is 5.10 Å². The Kier molecular flexibility index (Phi) is 5.51. The first-order valence-electron chi connectivity index (χ1n) is 4.24. The second kappa shape index (κ2) is 6.05. The topological polar surface area (TPSA) is 24.4 Å². The average Bonchev–Trinajstić information content (AvgIpc) is 2.15. The maximum Gasteiger partial charge on any atom is 0.234 e. The standard InChI is InChI=1S/C9H6Cl6N2/c10-8(11,12)7(9(13,14)15)17-16-6-4-2-1-3-5-6/h1-5,16H. The molecule has 0 spiro atoms. The minimum atomic E-state index is -1.91. The normalized spacial score (nSPS) is 12.1. The van der Waals surface area contributed by atoms with E-state index in [1.165, 1.54) is 0 Å². The predicted octanol–water partition coefficient (Wildman–Crippen LogP) is 5.19. The molecule has 1 N–H and O–H groups in total. The molecule has 1 aromatic rings. The molecule has 0 atom stereocenters. The third-order valence-electron chi connectivity index (χ3n) is 1.61. The van der Waals surface area contributed by atoms with E-state index in [-0.39, 0.29) is 5.71 Å². The van der Waals surface area contributed by atoms with Crippen molar-refractivity contribution in [1.82, 2.24) is 0 Å². The molecule has 0 amide bonds. The summed E-state index contributed by atoms with van der Waals surface area (Å²) in [5, 5.41) is 3.81. The lowest BCUT2D eigenvalue weighted by atomic mass is 10.3. The third kappa shape index (κ3) is 5.29. The molecule has 0 unspecified atom stereocenters. The van der Waals surface area contributed by atoms with Crippen molar-refractivity contribution < 1.29 is 0 Å². The summed E-state index contributed by atoms with van der Waals surface area (Å²) in [4.78, 5) is 0. The number of benzene rings is 1. The van der Waals surface area contributed by atoms with Gasteiger partial charge in [0, 0.05) is 0 Å². The highest BCUT2D eigenvalue weighted by Crippen LogP contribution is 2.40. The Bertz CT molecular complexity index is 376. The van der Waals surface area contributed by atoms with E-state index in [9.17, 15) is 0 Å². The van der Waals surface area contributed by atoms with Crippen LogP contribution in [-0.2, 0) is 0 Å². The van der Waals surface area contributed by atoms with E-state index in [2.05, 4.69) is 10.5 Å². The van der Waals surface area contributed by atoms with Crippen LogP contribution in [0.15, 0.2) is 35.4 Å². The molecule has 0 saturated carbocycles. The van der Waals surface area contributed by atoms with Crippen LogP contribution in [0.5, 0.6) is 0 Å². The summed E-state index contributed by atoms with van der Waals surface area (Å²) >= 11 is 33.9. The number of anilines is 1. The summed E-state index contributed by atoms with van der Waals surface area (Å²) in [6.07, 6.45) is 0. The van der Waals surface area contributed by atoms with Crippen LogP contribution < -0.4 is 5.43 Å². The minimum absolute atomic E-state index is 0.233. The molecule has 0 saturated heterocycles. The zero-order chi connectivity index (χ0) is 13.1. The molecule has 0 heterocycles. The molecule has 0 aromatic heterocycles. The quantitative estimate of drug-likeness (QED) is 0.441. The van der Waals surface area contributed by atoms with Gasteiger partial charge in [0.15, 0.2) is 0 Å². The molecule has 0 aliphatic rings. The van der Waals surface area contributed by atoms with E-state index in [0.29, 0.717) is 5.69 Å². The Morgan fingerprint density at radius 3 is 1.76 bits per heavy atom. The summed E-state index contributed by atoms with van der Waals surface area (Å²) in [5.74, 6) is 0. The van der Waals surface area contributed by atoms with E-state index in [1.807, 2.05) is 18.2 Å². The van der Waals surface area contributed by atoms with Gasteiger partial charge >= 0.3 is 0 Å². The minimum Gasteiger partial charge on any atom is -0.278 e. The molecule has 0 aliphatic heterocycles. The molecule has 0 fully saturated rings. The van der Waals surface area contributed by atoms with Crippen LogP contribution in [0.3, 0.4) is 0 Å². The number of hydrogen-bond acceptors (Lipinski definition) is 2. The van der Waals surface area contributed by atoms with Gasteiger partial charge in [0.2, 0.25) is 7.59 Å². The number of hydrazone groups is 1. The zero-order valence-corrected chi connectivity index (χ0v) is 12.6. The SMILES string of the molecule is ClC(Cl)(Cl)C(=NNc1ccccc1)C(Cl)(Cl)Cl. The Balaban J connectivity index is 2.93. The lowest BCUT2D eigenvalue weighted by Gasteiger charge is -2.20. The second-order valence-corrected chi connectivity index (χ2v) is 7.50. The highest BCUT2D eigenvalue weighted by molar-refractivity contribution is 6.87. The molecule has 1 rings (SSSR count). The van der Waals surface area contributed by atoms with Crippen LogP contribution in [0, 0.1) is 0 Å². The van der Waals surface area contributed by atoms with E-state index >= 15 is 0 Å². The number of alkyl halides is 6. The Morgan fingerprint density at radius 2 is 1.35 bits per heavy atom. The van der Waals surface area contributed by atoms with Crippen molar-refractivity contribution in [3.05, 3.63) is 30.3 Å². The van der Waals surface area contributed by atoms with Crippen LogP contribution >= 0.6 is 69.6 Å². The molecule has 0 radical (unpaired) electrons. The summed E-state index contributed by atoms with van der Waals surface area (Å²) in [5.41, 5.74) is 3.08. The largest absolute Gasteiger partial charge is 0.278 e. The van der Waals surface area contributed by atoms with E-state index in [1.54, 1.807) is 12.1 Å². The fourth-order valence-electron chi connectivity index (χ4n) is 0.921. The van der Waals surface area contributed by atoms with Gasteiger partial charge < -0.3 is 0 Å². The Hall–Kier alpha value is 0.430. The molecule has 94 valence electrons. The van der Waals surface area contributed by atoms with Crippen molar-refractivity contribution >= 4 is 81.0 Å². The fraction of sp³-hybridized carbons (Fsp3) is 0.222. The van der Waals surface area contributed by atoms with Crippen LogP contribution in [0.2, 0.25) is 0 Å². The summed E-state index contributed by atoms with van der Waals surface area (Å²) in [6, 6.07) is 8.99.